The molecule has 1 aromatic rings. The summed E-state index contributed by atoms with van der Waals surface area (Å²) in [5.74, 6) is 1.75. The molecular weight excluding hydrogens is 211 g/mol. The molecule has 0 aliphatic heterocycles. The average Bonchev–Trinajstić information content (AvgIpc) is 2.39. The van der Waals surface area contributed by atoms with E-state index in [1.54, 1.807) is 12.1 Å². The SMILES string of the molecule is Fc1ccc2c(c1)CCC(C1CCCCC1)C2. The zero-order valence-electron chi connectivity index (χ0n) is 10.4. The Morgan fingerprint density at radius 3 is 2.53 bits per heavy atom. The van der Waals surface area contributed by atoms with Crippen molar-refractivity contribution >= 4 is 0 Å². The van der Waals surface area contributed by atoms with Crippen LogP contribution in [0.4, 0.5) is 4.39 Å². The fourth-order valence-corrected chi connectivity index (χ4v) is 3.76. The first-order chi connectivity index (χ1) is 8.33. The summed E-state index contributed by atoms with van der Waals surface area (Å²) < 4.78 is 13.1. The van der Waals surface area contributed by atoms with Gasteiger partial charge in [-0.2, -0.15) is 0 Å². The van der Waals surface area contributed by atoms with Gasteiger partial charge in [-0.05, 0) is 54.4 Å². The lowest BCUT2D eigenvalue weighted by molar-refractivity contribution is 0.227. The summed E-state index contributed by atoms with van der Waals surface area (Å²) in [4.78, 5) is 0. The Labute approximate surface area is 103 Å². The summed E-state index contributed by atoms with van der Waals surface area (Å²) >= 11 is 0. The summed E-state index contributed by atoms with van der Waals surface area (Å²) in [7, 11) is 0. The molecule has 92 valence electrons. The molecule has 1 unspecified atom stereocenters. The molecular formula is C16H21F. The first-order valence-electron chi connectivity index (χ1n) is 7.10. The van der Waals surface area contributed by atoms with Gasteiger partial charge in [-0.3, -0.25) is 0 Å². The molecule has 17 heavy (non-hydrogen) atoms. The molecule has 0 nitrogen and oxygen atoms in total. The van der Waals surface area contributed by atoms with Gasteiger partial charge in [0.1, 0.15) is 5.82 Å². The number of aryl methyl sites for hydroxylation is 1. The highest BCUT2D eigenvalue weighted by Gasteiger charge is 2.27. The van der Waals surface area contributed by atoms with Crippen molar-refractivity contribution in [2.24, 2.45) is 11.8 Å². The van der Waals surface area contributed by atoms with E-state index in [-0.39, 0.29) is 5.82 Å². The highest BCUT2D eigenvalue weighted by molar-refractivity contribution is 5.30. The summed E-state index contributed by atoms with van der Waals surface area (Å²) in [5, 5.41) is 0. The lowest BCUT2D eigenvalue weighted by Gasteiger charge is -2.34. The summed E-state index contributed by atoms with van der Waals surface area (Å²) in [6.45, 7) is 0. The third-order valence-corrected chi connectivity index (χ3v) is 4.75. The number of halogens is 1. The Morgan fingerprint density at radius 1 is 0.882 bits per heavy atom. The van der Waals surface area contributed by atoms with Crippen LogP contribution in [0.25, 0.3) is 0 Å². The molecule has 0 saturated heterocycles. The smallest absolute Gasteiger partial charge is 0.123 e. The second-order valence-corrected chi connectivity index (χ2v) is 5.81. The highest BCUT2D eigenvalue weighted by Crippen LogP contribution is 2.37. The maximum Gasteiger partial charge on any atom is 0.123 e. The number of hydrogen-bond donors (Lipinski definition) is 0. The first-order valence-corrected chi connectivity index (χ1v) is 7.10. The fourth-order valence-electron chi connectivity index (χ4n) is 3.76. The molecule has 1 fully saturated rings. The van der Waals surface area contributed by atoms with Gasteiger partial charge >= 0.3 is 0 Å². The number of fused-ring (bicyclic) bond motifs is 1. The molecule has 1 heteroatoms. The molecule has 0 spiro atoms. The van der Waals surface area contributed by atoms with Crippen LogP contribution < -0.4 is 0 Å². The Morgan fingerprint density at radius 2 is 1.71 bits per heavy atom. The van der Waals surface area contributed by atoms with Crippen LogP contribution in [0.5, 0.6) is 0 Å². The van der Waals surface area contributed by atoms with Gasteiger partial charge in [0.05, 0.1) is 0 Å². The minimum atomic E-state index is -0.0696. The molecule has 3 rings (SSSR count). The van der Waals surface area contributed by atoms with Crippen LogP contribution in [0.3, 0.4) is 0 Å². The standard InChI is InChI=1S/C16H21F/c17-16-9-8-14-10-13(6-7-15(14)11-16)12-4-2-1-3-5-12/h8-9,11-13H,1-7,10H2. The van der Waals surface area contributed by atoms with Crippen LogP contribution in [0.1, 0.15) is 49.7 Å². The zero-order valence-corrected chi connectivity index (χ0v) is 10.4. The molecule has 2 aliphatic rings. The van der Waals surface area contributed by atoms with Crippen molar-refractivity contribution in [2.45, 2.75) is 51.4 Å². The lowest BCUT2D eigenvalue weighted by atomic mass is 9.72. The summed E-state index contributed by atoms with van der Waals surface area (Å²) in [5.41, 5.74) is 2.67. The van der Waals surface area contributed by atoms with E-state index in [9.17, 15) is 4.39 Å². The summed E-state index contributed by atoms with van der Waals surface area (Å²) in [6, 6.07) is 5.38. The summed E-state index contributed by atoms with van der Waals surface area (Å²) in [6.07, 6.45) is 10.7. The Kier molecular flexibility index (Phi) is 3.17. The van der Waals surface area contributed by atoms with Crippen LogP contribution in [0.2, 0.25) is 0 Å². The Bertz CT molecular complexity index is 391. The maximum absolute atomic E-state index is 13.1. The molecule has 0 amide bonds. The Balaban J connectivity index is 1.73. The van der Waals surface area contributed by atoms with Crippen molar-refractivity contribution in [3.05, 3.63) is 35.1 Å². The molecule has 0 aromatic heterocycles. The number of benzene rings is 1. The molecule has 0 N–H and O–H groups in total. The van der Waals surface area contributed by atoms with Gasteiger partial charge in [0.2, 0.25) is 0 Å². The van der Waals surface area contributed by atoms with Crippen LogP contribution in [0.15, 0.2) is 18.2 Å². The van der Waals surface area contributed by atoms with E-state index in [1.165, 1.54) is 56.1 Å². The zero-order chi connectivity index (χ0) is 11.7. The van der Waals surface area contributed by atoms with E-state index in [4.69, 9.17) is 0 Å². The second kappa shape index (κ2) is 4.80. The van der Waals surface area contributed by atoms with Crippen LogP contribution >= 0.6 is 0 Å². The van der Waals surface area contributed by atoms with Gasteiger partial charge in [0, 0.05) is 0 Å². The molecule has 1 atom stereocenters. The van der Waals surface area contributed by atoms with Gasteiger partial charge < -0.3 is 0 Å². The van der Waals surface area contributed by atoms with E-state index in [0.29, 0.717) is 0 Å². The normalized spacial score (nSPS) is 25.6. The van der Waals surface area contributed by atoms with Gasteiger partial charge in [-0.25, -0.2) is 4.39 Å². The minimum absolute atomic E-state index is 0.0696. The van der Waals surface area contributed by atoms with E-state index in [2.05, 4.69) is 0 Å². The van der Waals surface area contributed by atoms with Crippen LogP contribution in [-0.2, 0) is 12.8 Å². The molecule has 2 aliphatic carbocycles. The number of rotatable bonds is 1. The topological polar surface area (TPSA) is 0 Å². The molecule has 1 aromatic carbocycles. The van der Waals surface area contributed by atoms with E-state index in [0.717, 1.165) is 18.3 Å². The van der Waals surface area contributed by atoms with Crippen molar-refractivity contribution in [1.82, 2.24) is 0 Å². The van der Waals surface area contributed by atoms with Gasteiger partial charge in [0.25, 0.3) is 0 Å². The third-order valence-electron chi connectivity index (χ3n) is 4.75. The van der Waals surface area contributed by atoms with Crippen LogP contribution in [-0.4, -0.2) is 0 Å². The molecule has 0 bridgehead atoms. The van der Waals surface area contributed by atoms with Gasteiger partial charge in [-0.1, -0.05) is 38.2 Å². The average molecular weight is 232 g/mol. The monoisotopic (exact) mass is 232 g/mol. The fraction of sp³-hybridized carbons (Fsp3) is 0.625. The van der Waals surface area contributed by atoms with Gasteiger partial charge in [0.15, 0.2) is 0 Å². The largest absolute Gasteiger partial charge is 0.207 e. The first kappa shape index (κ1) is 11.3. The second-order valence-electron chi connectivity index (χ2n) is 5.81. The predicted molar refractivity (Wildman–Crippen MR) is 68.5 cm³/mol. The third kappa shape index (κ3) is 2.38. The molecule has 0 radical (unpaired) electrons. The van der Waals surface area contributed by atoms with E-state index >= 15 is 0 Å². The quantitative estimate of drug-likeness (QED) is 0.668. The lowest BCUT2D eigenvalue weighted by Crippen LogP contribution is -2.24. The minimum Gasteiger partial charge on any atom is -0.207 e. The van der Waals surface area contributed by atoms with E-state index in [1.807, 2.05) is 6.07 Å². The highest BCUT2D eigenvalue weighted by atomic mass is 19.1. The number of hydrogen-bond acceptors (Lipinski definition) is 0. The van der Waals surface area contributed by atoms with Crippen molar-refractivity contribution < 1.29 is 4.39 Å². The van der Waals surface area contributed by atoms with Crippen LogP contribution in [0, 0.1) is 17.7 Å². The predicted octanol–water partition coefficient (Wildman–Crippen LogP) is 4.51. The van der Waals surface area contributed by atoms with Crippen molar-refractivity contribution in [3.8, 4) is 0 Å². The van der Waals surface area contributed by atoms with Gasteiger partial charge in [-0.15, -0.1) is 0 Å². The molecule has 1 saturated carbocycles. The van der Waals surface area contributed by atoms with Crippen molar-refractivity contribution in [3.63, 3.8) is 0 Å². The molecule has 0 heterocycles. The maximum atomic E-state index is 13.1. The van der Waals surface area contributed by atoms with Crippen molar-refractivity contribution in [2.75, 3.05) is 0 Å². The Hall–Kier alpha value is -0.850. The van der Waals surface area contributed by atoms with Crippen molar-refractivity contribution in [1.29, 1.82) is 0 Å². The van der Waals surface area contributed by atoms with E-state index < -0.39 is 0 Å².